The molecule has 0 fully saturated rings. The summed E-state index contributed by atoms with van der Waals surface area (Å²) in [5.41, 5.74) is 1.15. The molecule has 0 aliphatic carbocycles. The average Bonchev–Trinajstić information content (AvgIpc) is 2.33. The highest BCUT2D eigenvalue weighted by Crippen LogP contribution is 2.42. The highest BCUT2D eigenvalue weighted by atomic mass is 79.9. The number of rotatable bonds is 1. The molecule has 1 aliphatic rings. The number of aromatic nitrogens is 1. The molecule has 0 aromatic carbocycles. The summed E-state index contributed by atoms with van der Waals surface area (Å²) in [6.45, 7) is 6.43. The SMILES string of the molecule is CC(C)N1c2cccnc2NC1(C)Br. The van der Waals surface area contributed by atoms with Crippen LogP contribution in [0.5, 0.6) is 0 Å². The molecule has 0 saturated heterocycles. The normalized spacial score (nSPS) is 25.1. The van der Waals surface area contributed by atoms with Gasteiger partial charge in [0.15, 0.2) is 10.4 Å². The summed E-state index contributed by atoms with van der Waals surface area (Å²) in [6.07, 6.45) is 1.80. The van der Waals surface area contributed by atoms with Crippen molar-refractivity contribution in [2.24, 2.45) is 0 Å². The lowest BCUT2D eigenvalue weighted by Gasteiger charge is -2.34. The van der Waals surface area contributed by atoms with Crippen LogP contribution in [0.2, 0.25) is 0 Å². The maximum Gasteiger partial charge on any atom is 0.166 e. The van der Waals surface area contributed by atoms with Crippen LogP contribution >= 0.6 is 15.9 Å². The van der Waals surface area contributed by atoms with Crippen LogP contribution in [-0.4, -0.2) is 15.6 Å². The van der Waals surface area contributed by atoms with Gasteiger partial charge < -0.3 is 10.2 Å². The van der Waals surface area contributed by atoms with Crippen molar-refractivity contribution in [2.45, 2.75) is 31.4 Å². The second kappa shape index (κ2) is 3.12. The first kappa shape index (κ1) is 9.77. The van der Waals surface area contributed by atoms with Gasteiger partial charge >= 0.3 is 0 Å². The van der Waals surface area contributed by atoms with Gasteiger partial charge in [-0.05, 0) is 48.8 Å². The Morgan fingerprint density at radius 2 is 2.29 bits per heavy atom. The van der Waals surface area contributed by atoms with Crippen molar-refractivity contribution in [3.05, 3.63) is 18.3 Å². The molecule has 4 heteroatoms. The van der Waals surface area contributed by atoms with Gasteiger partial charge in [-0.2, -0.15) is 0 Å². The molecule has 0 amide bonds. The minimum atomic E-state index is -0.224. The lowest BCUT2D eigenvalue weighted by atomic mass is 10.3. The summed E-state index contributed by atoms with van der Waals surface area (Å²) >= 11 is 3.67. The monoisotopic (exact) mass is 255 g/mol. The summed E-state index contributed by atoms with van der Waals surface area (Å²) < 4.78 is -0.224. The van der Waals surface area contributed by atoms with Crippen molar-refractivity contribution in [1.29, 1.82) is 0 Å². The van der Waals surface area contributed by atoms with E-state index in [1.807, 2.05) is 6.07 Å². The predicted octanol–water partition coefficient (Wildman–Crippen LogP) is 2.79. The third-order valence-electron chi connectivity index (χ3n) is 2.36. The van der Waals surface area contributed by atoms with E-state index >= 15 is 0 Å². The first-order chi connectivity index (χ1) is 6.52. The highest BCUT2D eigenvalue weighted by Gasteiger charge is 2.39. The zero-order valence-corrected chi connectivity index (χ0v) is 10.2. The smallest absolute Gasteiger partial charge is 0.166 e. The molecule has 1 atom stereocenters. The number of pyridine rings is 1. The van der Waals surface area contributed by atoms with Gasteiger partial charge in [0, 0.05) is 12.2 Å². The van der Waals surface area contributed by atoms with Crippen LogP contribution in [0.1, 0.15) is 20.8 Å². The quantitative estimate of drug-likeness (QED) is 0.618. The van der Waals surface area contributed by atoms with Gasteiger partial charge in [0.1, 0.15) is 0 Å². The summed E-state index contributed by atoms with van der Waals surface area (Å²) in [6, 6.07) is 4.48. The Balaban J connectivity index is 2.48. The molecule has 0 bridgehead atoms. The molecule has 1 unspecified atom stereocenters. The second-order valence-corrected chi connectivity index (χ2v) is 5.46. The van der Waals surface area contributed by atoms with E-state index in [2.05, 4.69) is 58.0 Å². The Kier molecular flexibility index (Phi) is 2.18. The van der Waals surface area contributed by atoms with Crippen molar-refractivity contribution in [2.75, 3.05) is 10.2 Å². The van der Waals surface area contributed by atoms with E-state index in [0.717, 1.165) is 11.5 Å². The molecule has 0 spiro atoms. The lowest BCUT2D eigenvalue weighted by Crippen LogP contribution is -2.46. The minimum Gasteiger partial charge on any atom is -0.337 e. The summed E-state index contributed by atoms with van der Waals surface area (Å²) in [4.78, 5) is 6.58. The number of fused-ring (bicyclic) bond motifs is 1. The van der Waals surface area contributed by atoms with Crippen molar-refractivity contribution < 1.29 is 0 Å². The van der Waals surface area contributed by atoms with Crippen LogP contribution in [-0.2, 0) is 0 Å². The van der Waals surface area contributed by atoms with Gasteiger partial charge in [-0.1, -0.05) is 0 Å². The van der Waals surface area contributed by atoms with E-state index in [9.17, 15) is 0 Å². The lowest BCUT2D eigenvalue weighted by molar-refractivity contribution is 0.611. The number of alkyl halides is 1. The molecule has 76 valence electrons. The molecular weight excluding hydrogens is 242 g/mol. The second-order valence-electron chi connectivity index (χ2n) is 3.91. The highest BCUT2D eigenvalue weighted by molar-refractivity contribution is 9.10. The molecule has 3 nitrogen and oxygen atoms in total. The van der Waals surface area contributed by atoms with Crippen LogP contribution in [0.4, 0.5) is 11.5 Å². The molecule has 1 aromatic heterocycles. The maximum absolute atomic E-state index is 4.30. The van der Waals surface area contributed by atoms with Gasteiger partial charge in [-0.25, -0.2) is 4.98 Å². The first-order valence-electron chi connectivity index (χ1n) is 4.74. The topological polar surface area (TPSA) is 28.2 Å². The maximum atomic E-state index is 4.30. The minimum absolute atomic E-state index is 0.224. The molecule has 14 heavy (non-hydrogen) atoms. The van der Waals surface area contributed by atoms with Crippen LogP contribution in [0.15, 0.2) is 18.3 Å². The number of hydrogen-bond donors (Lipinski definition) is 1. The molecular formula is C10H14BrN3. The molecule has 0 saturated carbocycles. The molecule has 1 aromatic rings. The zero-order valence-electron chi connectivity index (χ0n) is 8.58. The van der Waals surface area contributed by atoms with Crippen molar-refractivity contribution in [3.8, 4) is 0 Å². The van der Waals surface area contributed by atoms with E-state index in [-0.39, 0.29) is 4.57 Å². The van der Waals surface area contributed by atoms with Crippen molar-refractivity contribution in [1.82, 2.24) is 4.98 Å². The molecule has 1 aliphatic heterocycles. The zero-order chi connectivity index (χ0) is 10.3. The molecule has 1 N–H and O–H groups in total. The van der Waals surface area contributed by atoms with Gasteiger partial charge in [-0.15, -0.1) is 0 Å². The largest absolute Gasteiger partial charge is 0.337 e. The van der Waals surface area contributed by atoms with Crippen LogP contribution < -0.4 is 10.2 Å². The Morgan fingerprint density at radius 1 is 1.57 bits per heavy atom. The van der Waals surface area contributed by atoms with E-state index in [1.165, 1.54) is 0 Å². The Morgan fingerprint density at radius 3 is 2.93 bits per heavy atom. The average molecular weight is 256 g/mol. The molecule has 0 radical (unpaired) electrons. The van der Waals surface area contributed by atoms with E-state index in [0.29, 0.717) is 6.04 Å². The van der Waals surface area contributed by atoms with Gasteiger partial charge in [0.05, 0.1) is 5.69 Å². The van der Waals surface area contributed by atoms with Gasteiger partial charge in [0.2, 0.25) is 0 Å². The molecule has 2 rings (SSSR count). The van der Waals surface area contributed by atoms with Crippen LogP contribution in [0.3, 0.4) is 0 Å². The molecule has 2 heterocycles. The fourth-order valence-corrected chi connectivity index (χ4v) is 2.74. The first-order valence-corrected chi connectivity index (χ1v) is 5.53. The number of nitrogens with zero attached hydrogens (tertiary/aromatic N) is 2. The van der Waals surface area contributed by atoms with Crippen LogP contribution in [0, 0.1) is 0 Å². The van der Waals surface area contributed by atoms with Crippen molar-refractivity contribution in [3.63, 3.8) is 0 Å². The van der Waals surface area contributed by atoms with E-state index in [1.54, 1.807) is 6.20 Å². The van der Waals surface area contributed by atoms with Gasteiger partial charge in [0.25, 0.3) is 0 Å². The fourth-order valence-electron chi connectivity index (χ4n) is 1.95. The summed E-state index contributed by atoms with van der Waals surface area (Å²) in [7, 11) is 0. The van der Waals surface area contributed by atoms with Crippen molar-refractivity contribution >= 4 is 27.4 Å². The number of halogens is 1. The Bertz CT molecular complexity index is 349. The summed E-state index contributed by atoms with van der Waals surface area (Å²) in [5.74, 6) is 0.945. The van der Waals surface area contributed by atoms with E-state index in [4.69, 9.17) is 0 Å². The fraction of sp³-hybridized carbons (Fsp3) is 0.500. The van der Waals surface area contributed by atoms with E-state index < -0.39 is 0 Å². The standard InChI is InChI=1S/C10H14BrN3/c1-7(2)14-8-5-4-6-12-9(8)13-10(14,3)11/h4-7H,1-3H3,(H,12,13). The number of anilines is 2. The summed E-state index contributed by atoms with van der Waals surface area (Å²) in [5, 5.41) is 3.34. The predicted molar refractivity (Wildman–Crippen MR) is 62.8 cm³/mol. The third-order valence-corrected chi connectivity index (χ3v) is 2.94. The Labute approximate surface area is 92.6 Å². The van der Waals surface area contributed by atoms with Gasteiger partial charge in [-0.3, -0.25) is 0 Å². The number of nitrogens with one attached hydrogen (secondary N) is 1. The Hall–Kier alpha value is -0.770. The number of hydrogen-bond acceptors (Lipinski definition) is 3. The van der Waals surface area contributed by atoms with Crippen LogP contribution in [0.25, 0.3) is 0 Å². The third kappa shape index (κ3) is 1.38.